The summed E-state index contributed by atoms with van der Waals surface area (Å²) in [6, 6.07) is 0. The van der Waals surface area contributed by atoms with Crippen molar-refractivity contribution < 1.29 is 4.92 Å². The van der Waals surface area contributed by atoms with Gasteiger partial charge in [0.25, 0.3) is 0 Å². The molecule has 0 aliphatic carbocycles. The van der Waals surface area contributed by atoms with Crippen LogP contribution in [0.3, 0.4) is 0 Å². The van der Waals surface area contributed by atoms with Crippen LogP contribution in [0.5, 0.6) is 0 Å². The Balaban J connectivity index is 1.79. The van der Waals surface area contributed by atoms with E-state index in [1.165, 1.54) is 15.8 Å². The van der Waals surface area contributed by atoms with E-state index < -0.39 is 4.92 Å². The third kappa shape index (κ3) is 2.14. The Morgan fingerprint density at radius 3 is 2.79 bits per heavy atom. The SMILES string of the molecule is Cc1nn(Cc2nc3c4c(C)c(C)sc4ncn3n2)cc1[N+](=O)[O-]. The Morgan fingerprint density at radius 1 is 1.29 bits per heavy atom. The molecule has 122 valence electrons. The van der Waals surface area contributed by atoms with Crippen molar-refractivity contribution in [1.82, 2.24) is 29.4 Å². The van der Waals surface area contributed by atoms with Crippen molar-refractivity contribution in [2.24, 2.45) is 0 Å². The number of hydrogen-bond acceptors (Lipinski definition) is 7. The molecular weight excluding hydrogens is 330 g/mol. The molecule has 4 heterocycles. The normalized spacial score (nSPS) is 11.6. The van der Waals surface area contributed by atoms with Gasteiger partial charge in [-0.05, 0) is 26.3 Å². The molecule has 0 unspecified atom stereocenters. The highest BCUT2D eigenvalue weighted by molar-refractivity contribution is 7.18. The second kappa shape index (κ2) is 5.06. The Kier molecular flexibility index (Phi) is 3.10. The summed E-state index contributed by atoms with van der Waals surface area (Å²) >= 11 is 1.63. The summed E-state index contributed by atoms with van der Waals surface area (Å²) in [6.07, 6.45) is 3.04. The van der Waals surface area contributed by atoms with Crippen LogP contribution >= 0.6 is 11.3 Å². The largest absolute Gasteiger partial charge is 0.309 e. The van der Waals surface area contributed by atoms with E-state index in [4.69, 9.17) is 0 Å². The standard InChI is InChI=1S/C14H13N7O2S/c1-7-9(3)24-14-12(7)13-16-11(18-20(13)6-15-14)5-19-4-10(21(22)23)8(2)17-19/h4,6H,5H2,1-3H3. The van der Waals surface area contributed by atoms with Gasteiger partial charge in [0.05, 0.1) is 10.3 Å². The molecule has 10 heteroatoms. The molecule has 4 rings (SSSR count). The van der Waals surface area contributed by atoms with Crippen LogP contribution in [0.2, 0.25) is 0 Å². The molecule has 9 nitrogen and oxygen atoms in total. The molecule has 0 saturated heterocycles. The van der Waals surface area contributed by atoms with Crippen LogP contribution in [0.15, 0.2) is 12.5 Å². The molecule has 0 bridgehead atoms. The highest BCUT2D eigenvalue weighted by Crippen LogP contribution is 2.30. The van der Waals surface area contributed by atoms with Crippen molar-refractivity contribution in [3.8, 4) is 0 Å². The van der Waals surface area contributed by atoms with Crippen molar-refractivity contribution in [1.29, 1.82) is 0 Å². The van der Waals surface area contributed by atoms with Crippen LogP contribution in [-0.4, -0.2) is 34.3 Å². The minimum Gasteiger partial charge on any atom is -0.258 e. The molecule has 0 saturated carbocycles. The van der Waals surface area contributed by atoms with E-state index >= 15 is 0 Å². The maximum atomic E-state index is 10.9. The second-order valence-corrected chi connectivity index (χ2v) is 6.76. The van der Waals surface area contributed by atoms with Crippen LogP contribution in [0.1, 0.15) is 22.0 Å². The van der Waals surface area contributed by atoms with Crippen LogP contribution in [-0.2, 0) is 6.54 Å². The second-order valence-electron chi connectivity index (χ2n) is 5.56. The fourth-order valence-corrected chi connectivity index (χ4v) is 3.66. The topological polar surface area (TPSA) is 104 Å². The van der Waals surface area contributed by atoms with Crippen molar-refractivity contribution in [3.05, 3.63) is 44.6 Å². The molecule has 4 aromatic heterocycles. The van der Waals surface area contributed by atoms with Gasteiger partial charge in [-0.1, -0.05) is 0 Å². The van der Waals surface area contributed by atoms with Crippen LogP contribution in [0.25, 0.3) is 15.9 Å². The summed E-state index contributed by atoms with van der Waals surface area (Å²) in [4.78, 5) is 21.6. The molecule has 24 heavy (non-hydrogen) atoms. The van der Waals surface area contributed by atoms with E-state index in [0.717, 1.165) is 21.4 Å². The van der Waals surface area contributed by atoms with Gasteiger partial charge in [-0.15, -0.1) is 16.4 Å². The Morgan fingerprint density at radius 2 is 2.08 bits per heavy atom. The van der Waals surface area contributed by atoms with Gasteiger partial charge in [0.15, 0.2) is 11.5 Å². The molecule has 0 aliphatic heterocycles. The van der Waals surface area contributed by atoms with Gasteiger partial charge in [0, 0.05) is 4.88 Å². The van der Waals surface area contributed by atoms with Gasteiger partial charge in [-0.25, -0.2) is 14.5 Å². The Hall–Kier alpha value is -2.88. The zero-order valence-electron chi connectivity index (χ0n) is 13.2. The number of hydrogen-bond donors (Lipinski definition) is 0. The van der Waals surface area contributed by atoms with Gasteiger partial charge in [-0.3, -0.25) is 14.8 Å². The summed E-state index contributed by atoms with van der Waals surface area (Å²) in [7, 11) is 0. The van der Waals surface area contributed by atoms with Crippen LogP contribution in [0.4, 0.5) is 5.69 Å². The maximum Gasteiger partial charge on any atom is 0.309 e. The molecule has 0 radical (unpaired) electrons. The molecule has 0 amide bonds. The maximum absolute atomic E-state index is 10.9. The van der Waals surface area contributed by atoms with Crippen molar-refractivity contribution in [2.75, 3.05) is 0 Å². The first kappa shape index (κ1) is 14.7. The monoisotopic (exact) mass is 343 g/mol. The number of nitrogens with zero attached hydrogens (tertiary/aromatic N) is 7. The van der Waals surface area contributed by atoms with Crippen LogP contribution in [0, 0.1) is 30.9 Å². The summed E-state index contributed by atoms with van der Waals surface area (Å²) in [5, 5.41) is 20.5. The lowest BCUT2D eigenvalue weighted by atomic mass is 10.2. The number of aromatic nitrogens is 6. The molecule has 0 N–H and O–H groups in total. The molecular formula is C14H13N7O2S. The van der Waals surface area contributed by atoms with Gasteiger partial charge in [0.2, 0.25) is 0 Å². The van der Waals surface area contributed by atoms with Crippen molar-refractivity contribution >= 4 is 32.9 Å². The average molecular weight is 343 g/mol. The summed E-state index contributed by atoms with van der Waals surface area (Å²) in [5.74, 6) is 0.532. The lowest BCUT2D eigenvalue weighted by molar-refractivity contribution is -0.385. The van der Waals surface area contributed by atoms with E-state index in [9.17, 15) is 10.1 Å². The highest BCUT2D eigenvalue weighted by Gasteiger charge is 2.18. The van der Waals surface area contributed by atoms with E-state index in [0.29, 0.717) is 11.5 Å². The highest BCUT2D eigenvalue weighted by atomic mass is 32.1. The molecule has 0 aliphatic rings. The fraction of sp³-hybridized carbons (Fsp3) is 0.286. The fourth-order valence-electron chi connectivity index (χ4n) is 2.67. The Labute approximate surface area is 139 Å². The number of rotatable bonds is 3. The first-order chi connectivity index (χ1) is 11.4. The first-order valence-corrected chi connectivity index (χ1v) is 8.04. The van der Waals surface area contributed by atoms with Crippen LogP contribution < -0.4 is 0 Å². The zero-order valence-corrected chi connectivity index (χ0v) is 14.0. The van der Waals surface area contributed by atoms with Gasteiger partial charge in [-0.2, -0.15) is 5.10 Å². The lowest BCUT2D eigenvalue weighted by Gasteiger charge is -1.93. The number of fused-ring (bicyclic) bond motifs is 3. The van der Waals surface area contributed by atoms with Gasteiger partial charge < -0.3 is 0 Å². The summed E-state index contributed by atoms with van der Waals surface area (Å²) < 4.78 is 3.13. The van der Waals surface area contributed by atoms with Crippen molar-refractivity contribution in [3.63, 3.8) is 0 Å². The third-order valence-corrected chi connectivity index (χ3v) is 5.09. The average Bonchev–Trinajstić information content (AvgIpc) is 3.16. The minimum atomic E-state index is -0.444. The van der Waals surface area contributed by atoms with E-state index in [-0.39, 0.29) is 12.2 Å². The predicted molar refractivity (Wildman–Crippen MR) is 88.4 cm³/mol. The van der Waals surface area contributed by atoms with Gasteiger partial charge in [0.1, 0.15) is 29.6 Å². The number of nitro groups is 1. The predicted octanol–water partition coefficient (Wildman–Crippen LogP) is 2.42. The van der Waals surface area contributed by atoms with Crippen molar-refractivity contribution in [2.45, 2.75) is 27.3 Å². The summed E-state index contributed by atoms with van der Waals surface area (Å²) in [6.45, 7) is 5.97. The molecule has 0 fully saturated rings. The lowest BCUT2D eigenvalue weighted by Crippen LogP contribution is -2.02. The van der Waals surface area contributed by atoms with E-state index in [1.54, 1.807) is 29.1 Å². The molecule has 0 spiro atoms. The molecule has 4 aromatic rings. The zero-order chi connectivity index (χ0) is 17.0. The minimum absolute atomic E-state index is 0.00729. The molecule has 0 aromatic carbocycles. The number of thiophene rings is 1. The third-order valence-electron chi connectivity index (χ3n) is 3.97. The number of aryl methyl sites for hydroxylation is 3. The Bertz CT molecular complexity index is 1110. The van der Waals surface area contributed by atoms with E-state index in [2.05, 4.69) is 27.1 Å². The first-order valence-electron chi connectivity index (χ1n) is 7.22. The molecule has 0 atom stereocenters. The van der Waals surface area contributed by atoms with Gasteiger partial charge >= 0.3 is 5.69 Å². The van der Waals surface area contributed by atoms with E-state index in [1.807, 2.05) is 6.92 Å². The quantitative estimate of drug-likeness (QED) is 0.418. The smallest absolute Gasteiger partial charge is 0.258 e. The summed E-state index contributed by atoms with van der Waals surface area (Å²) in [5.41, 5.74) is 2.26.